The molecule has 0 spiro atoms. The summed E-state index contributed by atoms with van der Waals surface area (Å²) in [4.78, 5) is 10.1. The monoisotopic (exact) mass is 178 g/mol. The second-order valence-electron chi connectivity index (χ2n) is 2.28. The van der Waals surface area contributed by atoms with E-state index in [0.717, 1.165) is 12.7 Å². The van der Waals surface area contributed by atoms with Crippen molar-refractivity contribution in [1.82, 2.24) is 0 Å². The molecule has 0 rings (SSSR count). The number of aldehydes is 1. The Hall–Kier alpha value is 0.150. The molecule has 0 aliphatic carbocycles. The summed E-state index contributed by atoms with van der Waals surface area (Å²) >= 11 is 3.21. The van der Waals surface area contributed by atoms with E-state index in [-0.39, 0.29) is 4.83 Å². The van der Waals surface area contributed by atoms with Gasteiger partial charge in [0.05, 0.1) is 4.83 Å². The van der Waals surface area contributed by atoms with E-state index >= 15 is 0 Å². The van der Waals surface area contributed by atoms with Crippen LogP contribution in [0.15, 0.2) is 0 Å². The smallest absolute Gasteiger partial charge is 0.133 e. The lowest BCUT2D eigenvalue weighted by atomic mass is 10.1. The second-order valence-corrected chi connectivity index (χ2v) is 3.46. The molecule has 0 aromatic carbocycles. The third-order valence-corrected chi connectivity index (χ3v) is 1.43. The highest BCUT2D eigenvalue weighted by Gasteiger charge is 2.02. The quantitative estimate of drug-likeness (QED) is 0.478. The third kappa shape index (κ3) is 4.31. The highest BCUT2D eigenvalue weighted by molar-refractivity contribution is 9.09. The van der Waals surface area contributed by atoms with Crippen LogP contribution in [-0.2, 0) is 4.79 Å². The Labute approximate surface area is 58.6 Å². The topological polar surface area (TPSA) is 17.1 Å². The molecule has 0 aliphatic heterocycles. The number of rotatable bonds is 3. The molecule has 0 radical (unpaired) electrons. The molecule has 48 valence electrons. The summed E-state index contributed by atoms with van der Waals surface area (Å²) in [5, 5.41) is 0. The molecule has 0 bridgehead atoms. The molecule has 0 fully saturated rings. The molecule has 1 atom stereocenters. The van der Waals surface area contributed by atoms with Crippen LogP contribution in [0.25, 0.3) is 0 Å². The minimum atomic E-state index is 0.0579. The molecular weight excluding hydrogens is 168 g/mol. The van der Waals surface area contributed by atoms with Crippen LogP contribution in [0.2, 0.25) is 0 Å². The standard InChI is InChI=1S/C6H11BrO/c1-5(2)3-6(7)4-8/h4-6H,3H2,1-2H3. The summed E-state index contributed by atoms with van der Waals surface area (Å²) in [5.74, 6) is 0.601. The Morgan fingerprint density at radius 1 is 1.62 bits per heavy atom. The van der Waals surface area contributed by atoms with E-state index in [1.165, 1.54) is 0 Å². The summed E-state index contributed by atoms with van der Waals surface area (Å²) < 4.78 is 0. The number of hydrogen-bond donors (Lipinski definition) is 0. The fourth-order valence-corrected chi connectivity index (χ4v) is 1.25. The first-order valence-corrected chi connectivity index (χ1v) is 3.67. The first-order valence-electron chi connectivity index (χ1n) is 2.76. The molecule has 0 aromatic heterocycles. The SMILES string of the molecule is CC(C)CC(Br)C=O. The summed E-state index contributed by atoms with van der Waals surface area (Å²) in [7, 11) is 0. The van der Waals surface area contributed by atoms with E-state index in [4.69, 9.17) is 0 Å². The van der Waals surface area contributed by atoms with E-state index in [9.17, 15) is 4.79 Å². The van der Waals surface area contributed by atoms with Crippen molar-refractivity contribution >= 4 is 22.2 Å². The molecule has 0 aliphatic rings. The molecule has 0 amide bonds. The van der Waals surface area contributed by atoms with Crippen molar-refractivity contribution in [2.45, 2.75) is 25.1 Å². The predicted molar refractivity (Wildman–Crippen MR) is 38.2 cm³/mol. The number of carbonyl (C=O) groups excluding carboxylic acids is 1. The van der Waals surface area contributed by atoms with Gasteiger partial charge in [-0.2, -0.15) is 0 Å². The number of alkyl halides is 1. The van der Waals surface area contributed by atoms with Crippen LogP contribution in [0.3, 0.4) is 0 Å². The van der Waals surface area contributed by atoms with Gasteiger partial charge >= 0.3 is 0 Å². The lowest BCUT2D eigenvalue weighted by molar-refractivity contribution is -0.107. The van der Waals surface area contributed by atoms with Gasteiger partial charge in [-0.25, -0.2) is 0 Å². The highest BCUT2D eigenvalue weighted by Crippen LogP contribution is 2.09. The van der Waals surface area contributed by atoms with Crippen LogP contribution in [0.5, 0.6) is 0 Å². The molecule has 2 heteroatoms. The zero-order valence-electron chi connectivity index (χ0n) is 5.23. The molecule has 0 saturated carbocycles. The van der Waals surface area contributed by atoms with Gasteiger partial charge in [0, 0.05) is 0 Å². The Morgan fingerprint density at radius 2 is 2.12 bits per heavy atom. The van der Waals surface area contributed by atoms with Crippen LogP contribution < -0.4 is 0 Å². The molecule has 1 nitrogen and oxygen atoms in total. The van der Waals surface area contributed by atoms with Gasteiger partial charge in [-0.1, -0.05) is 29.8 Å². The van der Waals surface area contributed by atoms with Crippen LogP contribution in [-0.4, -0.2) is 11.1 Å². The lowest BCUT2D eigenvalue weighted by Gasteiger charge is -2.02. The summed E-state index contributed by atoms with van der Waals surface area (Å²) in [6.07, 6.45) is 1.86. The molecule has 0 heterocycles. The molecule has 0 aromatic rings. The van der Waals surface area contributed by atoms with Crippen molar-refractivity contribution in [1.29, 1.82) is 0 Å². The van der Waals surface area contributed by atoms with E-state index in [1.807, 2.05) is 0 Å². The molecular formula is C6H11BrO. The summed E-state index contributed by atoms with van der Waals surface area (Å²) in [5.41, 5.74) is 0. The van der Waals surface area contributed by atoms with E-state index in [1.54, 1.807) is 0 Å². The maximum Gasteiger partial charge on any atom is 0.133 e. The Morgan fingerprint density at radius 3 is 2.25 bits per heavy atom. The first-order chi connectivity index (χ1) is 3.66. The van der Waals surface area contributed by atoms with Crippen molar-refractivity contribution in [3.63, 3.8) is 0 Å². The van der Waals surface area contributed by atoms with Gasteiger partial charge in [0.1, 0.15) is 6.29 Å². The van der Waals surface area contributed by atoms with Crippen molar-refractivity contribution in [3.8, 4) is 0 Å². The highest BCUT2D eigenvalue weighted by atomic mass is 79.9. The first kappa shape index (κ1) is 8.15. The Bertz CT molecular complexity index is 70.9. The van der Waals surface area contributed by atoms with Crippen LogP contribution in [0.4, 0.5) is 0 Å². The third-order valence-electron chi connectivity index (χ3n) is 0.844. The van der Waals surface area contributed by atoms with Crippen molar-refractivity contribution in [2.24, 2.45) is 5.92 Å². The minimum Gasteiger partial charge on any atom is -0.302 e. The number of hydrogen-bond acceptors (Lipinski definition) is 1. The van der Waals surface area contributed by atoms with Crippen molar-refractivity contribution < 1.29 is 4.79 Å². The maximum atomic E-state index is 9.99. The minimum absolute atomic E-state index is 0.0579. The molecule has 0 N–H and O–H groups in total. The van der Waals surface area contributed by atoms with Crippen LogP contribution >= 0.6 is 15.9 Å². The normalized spacial score (nSPS) is 14.0. The average molecular weight is 179 g/mol. The van der Waals surface area contributed by atoms with Gasteiger partial charge in [0.15, 0.2) is 0 Å². The van der Waals surface area contributed by atoms with Gasteiger partial charge in [-0.3, -0.25) is 0 Å². The van der Waals surface area contributed by atoms with Gasteiger partial charge in [0.2, 0.25) is 0 Å². The predicted octanol–water partition coefficient (Wildman–Crippen LogP) is 1.99. The summed E-state index contributed by atoms with van der Waals surface area (Å²) in [6, 6.07) is 0. The van der Waals surface area contributed by atoms with Gasteiger partial charge in [-0.15, -0.1) is 0 Å². The molecule has 8 heavy (non-hydrogen) atoms. The Kier molecular flexibility index (Phi) is 4.15. The summed E-state index contributed by atoms with van der Waals surface area (Å²) in [6.45, 7) is 4.19. The second kappa shape index (κ2) is 4.07. The molecule has 1 unspecified atom stereocenters. The van der Waals surface area contributed by atoms with Crippen molar-refractivity contribution in [3.05, 3.63) is 0 Å². The fourth-order valence-electron chi connectivity index (χ4n) is 0.506. The Balaban J connectivity index is 3.23. The lowest BCUT2D eigenvalue weighted by Crippen LogP contribution is -2.02. The van der Waals surface area contributed by atoms with E-state index in [2.05, 4.69) is 29.8 Å². The van der Waals surface area contributed by atoms with E-state index in [0.29, 0.717) is 5.92 Å². The van der Waals surface area contributed by atoms with Gasteiger partial charge < -0.3 is 4.79 Å². The maximum absolute atomic E-state index is 9.99. The van der Waals surface area contributed by atoms with Crippen LogP contribution in [0, 0.1) is 5.92 Å². The average Bonchev–Trinajstić information content (AvgIpc) is 1.65. The fraction of sp³-hybridized carbons (Fsp3) is 0.833. The molecule has 0 saturated heterocycles. The zero-order valence-corrected chi connectivity index (χ0v) is 6.81. The van der Waals surface area contributed by atoms with Gasteiger partial charge in [-0.05, 0) is 12.3 Å². The van der Waals surface area contributed by atoms with Crippen LogP contribution in [0.1, 0.15) is 20.3 Å². The van der Waals surface area contributed by atoms with Gasteiger partial charge in [0.25, 0.3) is 0 Å². The van der Waals surface area contributed by atoms with Crippen molar-refractivity contribution in [2.75, 3.05) is 0 Å². The number of halogens is 1. The van der Waals surface area contributed by atoms with E-state index < -0.39 is 0 Å². The zero-order chi connectivity index (χ0) is 6.57. The largest absolute Gasteiger partial charge is 0.302 e. The number of carbonyl (C=O) groups is 1.